The van der Waals surface area contributed by atoms with Gasteiger partial charge in [-0.2, -0.15) is 13.2 Å². The molecule has 1 saturated heterocycles. The smallest absolute Gasteiger partial charge is 0.416 e. The van der Waals surface area contributed by atoms with Crippen molar-refractivity contribution in [2.75, 3.05) is 6.54 Å². The van der Waals surface area contributed by atoms with E-state index in [9.17, 15) is 22.4 Å². The zero-order chi connectivity index (χ0) is 24.4. The van der Waals surface area contributed by atoms with Crippen molar-refractivity contribution in [2.45, 2.75) is 63.5 Å². The van der Waals surface area contributed by atoms with E-state index < -0.39 is 29.7 Å². The Morgan fingerprint density at radius 2 is 2.09 bits per heavy atom. The normalized spacial score (nSPS) is 20.5. The van der Waals surface area contributed by atoms with Crippen molar-refractivity contribution < 1.29 is 27.5 Å². The van der Waals surface area contributed by atoms with E-state index in [4.69, 9.17) is 10.8 Å². The molecule has 7 nitrogen and oxygen atoms in total. The molecule has 4 rings (SSSR count). The van der Waals surface area contributed by atoms with Crippen LogP contribution in [0.25, 0.3) is 0 Å². The van der Waals surface area contributed by atoms with E-state index in [1.807, 2.05) is 13.8 Å². The van der Waals surface area contributed by atoms with Gasteiger partial charge in [0.15, 0.2) is 0 Å². The number of carboxylic acid groups (broad SMARTS) is 1. The fraction of sp³-hybridized carbons (Fsp3) is 0.500. The average Bonchev–Trinajstić information content (AvgIpc) is 3.12. The molecule has 1 amide bonds. The first-order chi connectivity index (χ1) is 15.4. The maximum absolute atomic E-state index is 13.9. The third-order valence-corrected chi connectivity index (χ3v) is 5.92. The van der Waals surface area contributed by atoms with Gasteiger partial charge in [0.05, 0.1) is 17.8 Å². The summed E-state index contributed by atoms with van der Waals surface area (Å²) >= 11 is 0. The number of halogens is 4. The van der Waals surface area contributed by atoms with Crippen molar-refractivity contribution in [3.8, 4) is 0 Å². The van der Waals surface area contributed by atoms with Crippen LogP contribution in [0.4, 0.5) is 22.4 Å². The topological polar surface area (TPSA) is 104 Å². The van der Waals surface area contributed by atoms with Crippen molar-refractivity contribution in [2.24, 2.45) is 5.73 Å². The number of amides is 1. The molecule has 33 heavy (non-hydrogen) atoms. The number of hydrogen-bond acceptors (Lipinski definition) is 5. The number of benzene rings is 1. The van der Waals surface area contributed by atoms with Gasteiger partial charge in [-0.3, -0.25) is 0 Å². The summed E-state index contributed by atoms with van der Waals surface area (Å²) in [5, 5.41) is 12.0. The number of carbonyl (C=O) groups is 1. The highest BCUT2D eigenvalue weighted by molar-refractivity contribution is 5.65. The molecule has 1 fully saturated rings. The summed E-state index contributed by atoms with van der Waals surface area (Å²) in [7, 11) is 0. The summed E-state index contributed by atoms with van der Waals surface area (Å²) in [6.45, 7) is 4.95. The maximum atomic E-state index is 13.9. The van der Waals surface area contributed by atoms with E-state index in [0.29, 0.717) is 25.6 Å². The molecular weight excluding hydrogens is 442 g/mol. The number of hydrogen-bond donors (Lipinski definition) is 3. The molecule has 0 bridgehead atoms. The predicted octanol–water partition coefficient (Wildman–Crippen LogP) is 3.89. The van der Waals surface area contributed by atoms with Gasteiger partial charge in [-0.05, 0) is 50.8 Å². The van der Waals surface area contributed by atoms with Gasteiger partial charge in [-0.1, -0.05) is 6.07 Å². The summed E-state index contributed by atoms with van der Waals surface area (Å²) in [5.41, 5.74) is 6.92. The number of rotatable bonds is 2. The van der Waals surface area contributed by atoms with Crippen LogP contribution in [0.3, 0.4) is 0 Å². The van der Waals surface area contributed by atoms with E-state index in [0.717, 1.165) is 36.2 Å². The molecule has 180 valence electrons. The Hall–Kier alpha value is -2.79. The van der Waals surface area contributed by atoms with Crippen molar-refractivity contribution in [3.63, 3.8) is 0 Å². The van der Waals surface area contributed by atoms with E-state index >= 15 is 0 Å². The standard InChI is InChI=1S/C14H18F4N2.C8H9N3O2/c1-13(2)6-5-11(20-13)12(19)9-4-3-8(7-10(9)15)14(16,17)18;12-8(13)11-2-1-6-3-9-5-10-7(6)4-11/h3-4,7,11-12,20H,5-6,19H2,1-2H3;3,5H,1-2,4H2,(H,12,13)/t11-,12-;/m0./s1. The van der Waals surface area contributed by atoms with Crippen molar-refractivity contribution >= 4 is 6.09 Å². The van der Waals surface area contributed by atoms with Crippen LogP contribution >= 0.6 is 0 Å². The molecule has 11 heteroatoms. The average molecular weight is 469 g/mol. The molecule has 2 aliphatic heterocycles. The van der Waals surface area contributed by atoms with Crippen LogP contribution in [0.1, 0.15) is 55.1 Å². The van der Waals surface area contributed by atoms with E-state index in [1.54, 1.807) is 6.20 Å². The summed E-state index contributed by atoms with van der Waals surface area (Å²) < 4.78 is 51.3. The largest absolute Gasteiger partial charge is 0.465 e. The van der Waals surface area contributed by atoms with Gasteiger partial charge in [-0.15, -0.1) is 0 Å². The number of fused-ring (bicyclic) bond motifs is 1. The molecule has 2 aromatic rings. The Balaban J connectivity index is 0.000000203. The summed E-state index contributed by atoms with van der Waals surface area (Å²) in [6, 6.07) is 1.74. The Morgan fingerprint density at radius 3 is 2.67 bits per heavy atom. The lowest BCUT2D eigenvalue weighted by Crippen LogP contribution is -2.42. The van der Waals surface area contributed by atoms with Gasteiger partial charge >= 0.3 is 12.3 Å². The SMILES string of the molecule is CC1(C)CC[C@@H]([C@@H](N)c2ccc(C(F)(F)F)cc2F)N1.O=C(O)N1CCc2cncnc2C1. The lowest BCUT2D eigenvalue weighted by molar-refractivity contribution is -0.137. The lowest BCUT2D eigenvalue weighted by Gasteiger charge is -2.25. The number of nitrogens with zero attached hydrogens (tertiary/aromatic N) is 3. The van der Waals surface area contributed by atoms with Crippen LogP contribution in [0.15, 0.2) is 30.7 Å². The molecule has 1 aromatic carbocycles. The third kappa shape index (κ3) is 6.17. The van der Waals surface area contributed by atoms with Gasteiger partial charge < -0.3 is 21.1 Å². The minimum atomic E-state index is -4.54. The summed E-state index contributed by atoms with van der Waals surface area (Å²) in [5.74, 6) is -0.904. The third-order valence-electron chi connectivity index (χ3n) is 5.92. The zero-order valence-electron chi connectivity index (χ0n) is 18.4. The Bertz CT molecular complexity index is 999. The van der Waals surface area contributed by atoms with Crippen LogP contribution < -0.4 is 11.1 Å². The first kappa shape index (κ1) is 24.8. The van der Waals surface area contributed by atoms with Crippen molar-refractivity contribution in [1.29, 1.82) is 0 Å². The van der Waals surface area contributed by atoms with Crippen molar-refractivity contribution in [3.05, 3.63) is 58.9 Å². The molecule has 1 aromatic heterocycles. The summed E-state index contributed by atoms with van der Waals surface area (Å²) in [4.78, 5) is 19.9. The van der Waals surface area contributed by atoms with Gasteiger partial charge in [0.25, 0.3) is 0 Å². The zero-order valence-corrected chi connectivity index (χ0v) is 18.4. The quantitative estimate of drug-likeness (QED) is 0.577. The number of nitrogens with two attached hydrogens (primary N) is 1. The minimum absolute atomic E-state index is 0.0787. The highest BCUT2D eigenvalue weighted by atomic mass is 19.4. The molecule has 2 atom stereocenters. The molecule has 2 aliphatic rings. The van der Waals surface area contributed by atoms with Gasteiger partial charge in [-0.25, -0.2) is 19.2 Å². The van der Waals surface area contributed by atoms with Gasteiger partial charge in [0, 0.05) is 35.9 Å². The van der Waals surface area contributed by atoms with E-state index in [1.165, 1.54) is 11.2 Å². The molecule has 4 N–H and O–H groups in total. The molecule has 3 heterocycles. The molecule has 0 aliphatic carbocycles. The van der Waals surface area contributed by atoms with E-state index in [-0.39, 0.29) is 17.1 Å². The minimum Gasteiger partial charge on any atom is -0.465 e. The molecule has 0 radical (unpaired) electrons. The molecule has 0 saturated carbocycles. The fourth-order valence-electron chi connectivity index (χ4n) is 4.04. The Kier molecular flexibility index (Phi) is 7.23. The van der Waals surface area contributed by atoms with Crippen LogP contribution in [-0.2, 0) is 19.1 Å². The first-order valence-corrected chi connectivity index (χ1v) is 10.5. The van der Waals surface area contributed by atoms with Crippen LogP contribution in [0, 0.1) is 5.82 Å². The first-order valence-electron chi connectivity index (χ1n) is 10.5. The Labute approximate surface area is 189 Å². The number of nitrogens with one attached hydrogen (secondary N) is 1. The Morgan fingerprint density at radius 1 is 1.36 bits per heavy atom. The lowest BCUT2D eigenvalue weighted by atomic mass is 9.97. The van der Waals surface area contributed by atoms with Gasteiger partial charge in [0.1, 0.15) is 12.1 Å². The fourth-order valence-corrected chi connectivity index (χ4v) is 4.04. The second-order valence-electron chi connectivity index (χ2n) is 8.88. The molecule has 0 unspecified atom stereocenters. The van der Waals surface area contributed by atoms with Crippen LogP contribution in [-0.4, -0.2) is 44.2 Å². The molecule has 0 spiro atoms. The van der Waals surface area contributed by atoms with Crippen LogP contribution in [0.5, 0.6) is 0 Å². The monoisotopic (exact) mass is 469 g/mol. The number of aromatic nitrogens is 2. The number of alkyl halides is 3. The second kappa shape index (κ2) is 9.60. The predicted molar refractivity (Wildman–Crippen MR) is 113 cm³/mol. The molecular formula is C22H27F4N5O2. The van der Waals surface area contributed by atoms with Crippen LogP contribution in [0.2, 0.25) is 0 Å². The maximum Gasteiger partial charge on any atom is 0.416 e. The highest BCUT2D eigenvalue weighted by Gasteiger charge is 2.36. The highest BCUT2D eigenvalue weighted by Crippen LogP contribution is 2.34. The van der Waals surface area contributed by atoms with Gasteiger partial charge in [0.2, 0.25) is 0 Å². The van der Waals surface area contributed by atoms with Crippen molar-refractivity contribution in [1.82, 2.24) is 20.2 Å². The van der Waals surface area contributed by atoms with E-state index in [2.05, 4.69) is 15.3 Å². The second-order valence-corrected chi connectivity index (χ2v) is 8.88. The summed E-state index contributed by atoms with van der Waals surface area (Å²) in [6.07, 6.45) is 0.150.